The third-order valence-corrected chi connectivity index (χ3v) is 4.41. The molecule has 1 N–H and O–H groups in total. The highest BCUT2D eigenvalue weighted by atomic mass is 32.2. The predicted octanol–water partition coefficient (Wildman–Crippen LogP) is 0.659. The number of aromatic nitrogens is 1. The van der Waals surface area contributed by atoms with Crippen LogP contribution in [0.2, 0.25) is 0 Å². The summed E-state index contributed by atoms with van der Waals surface area (Å²) in [5.41, 5.74) is 1.15. The van der Waals surface area contributed by atoms with Crippen molar-refractivity contribution in [2.75, 3.05) is 31.8 Å². The Morgan fingerprint density at radius 3 is 2.89 bits per heavy atom. The Morgan fingerprint density at radius 1 is 1.44 bits per heavy atom. The maximum absolute atomic E-state index is 11.4. The van der Waals surface area contributed by atoms with E-state index in [-0.39, 0.29) is 11.5 Å². The van der Waals surface area contributed by atoms with E-state index in [1.807, 2.05) is 23.0 Å². The molecule has 0 aromatic carbocycles. The molecule has 0 aliphatic rings. The number of methoxy groups -OCH3 is 1. The molecule has 0 aliphatic carbocycles. The fourth-order valence-corrected chi connectivity index (χ4v) is 2.31. The molecule has 18 heavy (non-hydrogen) atoms. The third kappa shape index (κ3) is 5.66. The van der Waals surface area contributed by atoms with Crippen molar-refractivity contribution in [2.24, 2.45) is 0 Å². The van der Waals surface area contributed by atoms with E-state index in [0.717, 1.165) is 18.7 Å². The van der Waals surface area contributed by atoms with Gasteiger partial charge in [-0.05, 0) is 11.6 Å². The van der Waals surface area contributed by atoms with Gasteiger partial charge in [0.05, 0.1) is 12.4 Å². The van der Waals surface area contributed by atoms with Crippen LogP contribution >= 0.6 is 0 Å². The molecule has 0 aliphatic heterocycles. The van der Waals surface area contributed by atoms with E-state index in [1.165, 1.54) is 0 Å². The van der Waals surface area contributed by atoms with E-state index in [1.54, 1.807) is 14.0 Å². The lowest BCUT2D eigenvalue weighted by atomic mass is 10.3. The summed E-state index contributed by atoms with van der Waals surface area (Å²) in [4.78, 5) is 0. The number of nitrogens with one attached hydrogen (secondary N) is 1. The van der Waals surface area contributed by atoms with E-state index < -0.39 is 9.84 Å². The molecule has 0 atom stereocenters. The first-order valence-corrected chi connectivity index (χ1v) is 7.94. The SMILES string of the molecule is CCS(=O)(=O)CCn1ccc(CNCCOC)c1. The van der Waals surface area contributed by atoms with Crippen molar-refractivity contribution in [3.8, 4) is 0 Å². The van der Waals surface area contributed by atoms with Gasteiger partial charge in [-0.1, -0.05) is 6.92 Å². The first-order valence-electron chi connectivity index (χ1n) is 6.12. The molecule has 1 aromatic rings. The molecule has 0 amide bonds. The smallest absolute Gasteiger partial charge is 0.151 e. The number of nitrogens with zero attached hydrogens (tertiary/aromatic N) is 1. The number of rotatable bonds is 9. The number of aryl methyl sites for hydroxylation is 1. The molecule has 0 saturated carbocycles. The molecule has 104 valence electrons. The van der Waals surface area contributed by atoms with E-state index in [0.29, 0.717) is 13.2 Å². The first-order chi connectivity index (χ1) is 8.57. The lowest BCUT2D eigenvalue weighted by Crippen LogP contribution is -2.18. The van der Waals surface area contributed by atoms with Gasteiger partial charge in [0.1, 0.15) is 0 Å². The van der Waals surface area contributed by atoms with Crippen LogP contribution in [0, 0.1) is 0 Å². The van der Waals surface area contributed by atoms with Crippen LogP contribution in [-0.2, 0) is 27.7 Å². The molecule has 0 unspecified atom stereocenters. The van der Waals surface area contributed by atoms with Gasteiger partial charge in [-0.15, -0.1) is 0 Å². The molecule has 1 heterocycles. The van der Waals surface area contributed by atoms with E-state index >= 15 is 0 Å². The van der Waals surface area contributed by atoms with Crippen LogP contribution in [0.25, 0.3) is 0 Å². The van der Waals surface area contributed by atoms with Gasteiger partial charge in [0.2, 0.25) is 0 Å². The number of hydrogen-bond acceptors (Lipinski definition) is 4. The van der Waals surface area contributed by atoms with E-state index in [9.17, 15) is 8.42 Å². The summed E-state index contributed by atoms with van der Waals surface area (Å²) in [6, 6.07) is 2.00. The molecule has 0 saturated heterocycles. The van der Waals surface area contributed by atoms with Crippen LogP contribution in [0.15, 0.2) is 18.5 Å². The summed E-state index contributed by atoms with van der Waals surface area (Å²) in [5, 5.41) is 3.24. The van der Waals surface area contributed by atoms with Gasteiger partial charge in [0, 0.05) is 44.9 Å². The molecule has 5 nitrogen and oxygen atoms in total. The topological polar surface area (TPSA) is 60.3 Å². The Hall–Kier alpha value is -0.850. The van der Waals surface area contributed by atoms with Crippen molar-refractivity contribution in [1.29, 1.82) is 0 Å². The Kier molecular flexibility index (Phi) is 6.38. The van der Waals surface area contributed by atoms with Gasteiger partial charge in [0.25, 0.3) is 0 Å². The molecule has 6 heteroatoms. The van der Waals surface area contributed by atoms with Crippen molar-refractivity contribution < 1.29 is 13.2 Å². The Balaban J connectivity index is 2.34. The van der Waals surface area contributed by atoms with Gasteiger partial charge in [-0.3, -0.25) is 0 Å². The average molecular weight is 274 g/mol. The highest BCUT2D eigenvalue weighted by molar-refractivity contribution is 7.91. The summed E-state index contributed by atoms with van der Waals surface area (Å²) in [6.45, 7) is 4.47. The van der Waals surface area contributed by atoms with Gasteiger partial charge >= 0.3 is 0 Å². The molecule has 0 spiro atoms. The van der Waals surface area contributed by atoms with Crippen molar-refractivity contribution in [1.82, 2.24) is 9.88 Å². The zero-order chi connectivity index (χ0) is 13.4. The summed E-state index contributed by atoms with van der Waals surface area (Å²) < 4.78 is 29.6. The monoisotopic (exact) mass is 274 g/mol. The Morgan fingerprint density at radius 2 is 2.22 bits per heavy atom. The third-order valence-electron chi connectivity index (χ3n) is 2.72. The highest BCUT2D eigenvalue weighted by Gasteiger charge is 2.07. The molecular formula is C12H22N2O3S. The molecular weight excluding hydrogens is 252 g/mol. The summed E-state index contributed by atoms with van der Waals surface area (Å²) in [7, 11) is -1.21. The number of ether oxygens (including phenoxy) is 1. The fraction of sp³-hybridized carbons (Fsp3) is 0.667. The molecule has 1 aromatic heterocycles. The van der Waals surface area contributed by atoms with Gasteiger partial charge in [0.15, 0.2) is 9.84 Å². The van der Waals surface area contributed by atoms with Crippen molar-refractivity contribution >= 4 is 9.84 Å². The van der Waals surface area contributed by atoms with Crippen LogP contribution in [0.5, 0.6) is 0 Å². The molecule has 0 radical (unpaired) electrons. The average Bonchev–Trinajstić information content (AvgIpc) is 2.80. The van der Waals surface area contributed by atoms with Crippen LogP contribution in [-0.4, -0.2) is 44.8 Å². The van der Waals surface area contributed by atoms with E-state index in [2.05, 4.69) is 5.32 Å². The minimum atomic E-state index is -2.89. The summed E-state index contributed by atoms with van der Waals surface area (Å²) >= 11 is 0. The minimum Gasteiger partial charge on any atom is -0.383 e. The van der Waals surface area contributed by atoms with Gasteiger partial charge < -0.3 is 14.6 Å². The lowest BCUT2D eigenvalue weighted by molar-refractivity contribution is 0.199. The van der Waals surface area contributed by atoms with Crippen molar-refractivity contribution in [3.05, 3.63) is 24.0 Å². The molecule has 1 rings (SSSR count). The fourth-order valence-electron chi connectivity index (χ4n) is 1.53. The largest absolute Gasteiger partial charge is 0.383 e. The van der Waals surface area contributed by atoms with Gasteiger partial charge in [-0.2, -0.15) is 0 Å². The standard InChI is InChI=1S/C12H22N2O3S/c1-3-18(15,16)9-7-14-6-4-12(11-14)10-13-5-8-17-2/h4,6,11,13H,3,5,7-10H2,1-2H3. The Labute approximate surface area is 109 Å². The second-order valence-electron chi connectivity index (χ2n) is 4.16. The highest BCUT2D eigenvalue weighted by Crippen LogP contribution is 2.02. The first kappa shape index (κ1) is 15.2. The van der Waals surface area contributed by atoms with E-state index in [4.69, 9.17) is 4.74 Å². The zero-order valence-electron chi connectivity index (χ0n) is 11.1. The molecule has 0 bridgehead atoms. The Bertz CT molecular complexity index is 440. The van der Waals surface area contributed by atoms with Crippen molar-refractivity contribution in [2.45, 2.75) is 20.0 Å². The maximum Gasteiger partial charge on any atom is 0.151 e. The second-order valence-corrected chi connectivity index (χ2v) is 6.64. The predicted molar refractivity (Wildman–Crippen MR) is 72.3 cm³/mol. The quantitative estimate of drug-likeness (QED) is 0.672. The van der Waals surface area contributed by atoms with Crippen LogP contribution in [0.4, 0.5) is 0 Å². The number of hydrogen-bond donors (Lipinski definition) is 1. The summed E-state index contributed by atoms with van der Waals surface area (Å²) in [6.07, 6.45) is 3.89. The van der Waals surface area contributed by atoms with Gasteiger partial charge in [-0.25, -0.2) is 8.42 Å². The van der Waals surface area contributed by atoms with Crippen LogP contribution in [0.3, 0.4) is 0 Å². The maximum atomic E-state index is 11.4. The lowest BCUT2D eigenvalue weighted by Gasteiger charge is -2.03. The van der Waals surface area contributed by atoms with Crippen LogP contribution < -0.4 is 5.32 Å². The normalized spacial score (nSPS) is 11.9. The number of sulfone groups is 1. The second kappa shape index (κ2) is 7.56. The van der Waals surface area contributed by atoms with Crippen LogP contribution in [0.1, 0.15) is 12.5 Å². The summed E-state index contributed by atoms with van der Waals surface area (Å²) in [5.74, 6) is 0.411. The molecule has 0 fully saturated rings. The van der Waals surface area contributed by atoms with Crippen molar-refractivity contribution in [3.63, 3.8) is 0 Å². The zero-order valence-corrected chi connectivity index (χ0v) is 11.9. The minimum absolute atomic E-state index is 0.203.